The number of likely N-dealkylation sites (N-methyl/N-ethyl adjacent to an activating group) is 2. The van der Waals surface area contributed by atoms with Crippen molar-refractivity contribution in [3.05, 3.63) is 29.2 Å². The number of urea groups is 1. The lowest BCUT2D eigenvalue weighted by Crippen LogP contribution is -2.52. The second kappa shape index (κ2) is 4.58. The number of hydrogen-bond donors (Lipinski definition) is 0. The van der Waals surface area contributed by atoms with Gasteiger partial charge in [0, 0.05) is 20.0 Å². The highest BCUT2D eigenvalue weighted by molar-refractivity contribution is 6.30. The third-order valence-electron chi connectivity index (χ3n) is 4.05. The lowest BCUT2D eigenvalue weighted by Gasteiger charge is -2.28. The number of hydrogen-bond acceptors (Lipinski definition) is 4. The number of carbonyl (C=O) groups excluding carboxylic acids is 3. The summed E-state index contributed by atoms with van der Waals surface area (Å²) in [6.45, 7) is 2.15. The molecule has 1 saturated carbocycles. The Hall–Kier alpha value is -2.37. The van der Waals surface area contributed by atoms with E-state index in [1.54, 1.807) is 6.07 Å². The molecule has 2 atom stereocenters. The fourth-order valence-corrected chi connectivity index (χ4v) is 2.48. The van der Waals surface area contributed by atoms with E-state index in [-0.39, 0.29) is 5.57 Å². The second-order valence-corrected chi connectivity index (χ2v) is 5.63. The summed E-state index contributed by atoms with van der Waals surface area (Å²) in [5.74, 6) is 1.16. The van der Waals surface area contributed by atoms with Crippen LogP contribution in [0.15, 0.2) is 22.1 Å². The molecule has 3 rings (SSSR count). The molecule has 110 valence electrons. The molecular formula is C15H16N2O4. The molecule has 1 aromatic heterocycles. The molecular weight excluding hydrogens is 272 g/mol. The maximum absolute atomic E-state index is 12.0. The second-order valence-electron chi connectivity index (χ2n) is 5.63. The van der Waals surface area contributed by atoms with Gasteiger partial charge in [0.05, 0.1) is 0 Å². The molecule has 1 aromatic rings. The van der Waals surface area contributed by atoms with Gasteiger partial charge in [-0.05, 0) is 30.5 Å². The number of rotatable bonds is 2. The summed E-state index contributed by atoms with van der Waals surface area (Å²) < 4.78 is 5.67. The van der Waals surface area contributed by atoms with Crippen molar-refractivity contribution in [1.82, 2.24) is 9.80 Å². The normalized spacial score (nSPS) is 25.7. The van der Waals surface area contributed by atoms with Crippen LogP contribution in [0.3, 0.4) is 0 Å². The zero-order valence-electron chi connectivity index (χ0n) is 12.1. The van der Waals surface area contributed by atoms with Gasteiger partial charge in [-0.3, -0.25) is 19.4 Å². The van der Waals surface area contributed by atoms with Crippen LogP contribution >= 0.6 is 0 Å². The average molecular weight is 288 g/mol. The van der Waals surface area contributed by atoms with E-state index < -0.39 is 17.8 Å². The molecule has 6 heteroatoms. The predicted molar refractivity (Wildman–Crippen MR) is 74.1 cm³/mol. The zero-order valence-corrected chi connectivity index (χ0v) is 12.1. The van der Waals surface area contributed by atoms with Gasteiger partial charge in [-0.1, -0.05) is 6.92 Å². The number of furan rings is 1. The van der Waals surface area contributed by atoms with Crippen LogP contribution in [-0.4, -0.2) is 41.7 Å². The summed E-state index contributed by atoms with van der Waals surface area (Å²) in [7, 11) is 2.70. The van der Waals surface area contributed by atoms with Crippen LogP contribution in [0, 0.1) is 5.92 Å². The molecule has 6 nitrogen and oxygen atoms in total. The van der Waals surface area contributed by atoms with Gasteiger partial charge in [0.1, 0.15) is 17.1 Å². The molecule has 4 amide bonds. The smallest absolute Gasteiger partial charge is 0.333 e. The van der Waals surface area contributed by atoms with Crippen LogP contribution in [-0.2, 0) is 9.59 Å². The quantitative estimate of drug-likeness (QED) is 0.615. The van der Waals surface area contributed by atoms with E-state index in [0.717, 1.165) is 22.0 Å². The summed E-state index contributed by atoms with van der Waals surface area (Å²) in [4.78, 5) is 37.6. The number of imide groups is 2. The van der Waals surface area contributed by atoms with Crippen LogP contribution in [0.5, 0.6) is 0 Å². The molecule has 1 saturated heterocycles. The third-order valence-corrected chi connectivity index (χ3v) is 4.05. The molecule has 0 aromatic carbocycles. The van der Waals surface area contributed by atoms with E-state index >= 15 is 0 Å². The van der Waals surface area contributed by atoms with E-state index in [4.69, 9.17) is 4.42 Å². The molecule has 2 heterocycles. The lowest BCUT2D eigenvalue weighted by atomic mass is 10.1. The Balaban J connectivity index is 1.90. The number of barbiturate groups is 1. The number of carbonyl (C=O) groups is 3. The van der Waals surface area contributed by atoms with Crippen LogP contribution in [0.25, 0.3) is 6.08 Å². The molecule has 1 aliphatic heterocycles. The Labute approximate surface area is 122 Å². The third kappa shape index (κ3) is 2.16. The van der Waals surface area contributed by atoms with Crippen molar-refractivity contribution in [3.8, 4) is 0 Å². The van der Waals surface area contributed by atoms with Crippen LogP contribution in [0.4, 0.5) is 4.79 Å². The summed E-state index contributed by atoms with van der Waals surface area (Å²) >= 11 is 0. The topological polar surface area (TPSA) is 70.8 Å². The first-order valence-electron chi connectivity index (χ1n) is 6.81. The van der Waals surface area contributed by atoms with Gasteiger partial charge in [-0.2, -0.15) is 0 Å². The maximum Gasteiger partial charge on any atom is 0.333 e. The van der Waals surface area contributed by atoms with Crippen LogP contribution in [0.2, 0.25) is 0 Å². The average Bonchev–Trinajstić information content (AvgIpc) is 3.01. The Morgan fingerprint density at radius 1 is 1.14 bits per heavy atom. The first-order chi connectivity index (χ1) is 9.90. The van der Waals surface area contributed by atoms with Crippen molar-refractivity contribution >= 4 is 23.9 Å². The Morgan fingerprint density at radius 2 is 1.71 bits per heavy atom. The molecule has 1 aliphatic carbocycles. The molecule has 0 N–H and O–H groups in total. The monoisotopic (exact) mass is 288 g/mol. The Morgan fingerprint density at radius 3 is 2.24 bits per heavy atom. The standard InChI is InChI=1S/C15H16N2O4/c1-8-6-10(8)12-5-4-9(21-12)7-11-13(18)16(2)15(20)17(3)14(11)19/h4-5,7-8,10H,6H2,1-3H3/t8-,10-/m1/s1. The summed E-state index contributed by atoms with van der Waals surface area (Å²) in [5.41, 5.74) is -0.0654. The van der Waals surface area contributed by atoms with Gasteiger partial charge >= 0.3 is 6.03 Å². The summed E-state index contributed by atoms with van der Waals surface area (Å²) in [6.07, 6.45) is 2.50. The molecule has 0 radical (unpaired) electrons. The minimum Gasteiger partial charge on any atom is -0.461 e. The fourth-order valence-electron chi connectivity index (χ4n) is 2.48. The zero-order chi connectivity index (χ0) is 15.3. The van der Waals surface area contributed by atoms with Crippen molar-refractivity contribution in [2.75, 3.05) is 14.1 Å². The molecule has 21 heavy (non-hydrogen) atoms. The van der Waals surface area contributed by atoms with Crippen LogP contribution in [0.1, 0.15) is 30.8 Å². The van der Waals surface area contributed by atoms with E-state index in [1.165, 1.54) is 20.2 Å². The predicted octanol–water partition coefficient (Wildman–Crippen LogP) is 1.84. The number of nitrogens with zero attached hydrogens (tertiary/aromatic N) is 2. The van der Waals surface area contributed by atoms with Crippen LogP contribution < -0.4 is 0 Å². The highest BCUT2D eigenvalue weighted by Crippen LogP contribution is 2.47. The maximum atomic E-state index is 12.0. The molecule has 2 aliphatic rings. The number of amides is 4. The minimum atomic E-state index is -0.630. The summed E-state index contributed by atoms with van der Waals surface area (Å²) in [5, 5.41) is 0. The Kier molecular flexibility index (Phi) is 2.97. The van der Waals surface area contributed by atoms with Gasteiger partial charge in [0.15, 0.2) is 0 Å². The fraction of sp³-hybridized carbons (Fsp3) is 0.400. The van der Waals surface area contributed by atoms with Crippen molar-refractivity contribution < 1.29 is 18.8 Å². The first-order valence-corrected chi connectivity index (χ1v) is 6.81. The van der Waals surface area contributed by atoms with Gasteiger partial charge in [-0.15, -0.1) is 0 Å². The van der Waals surface area contributed by atoms with Gasteiger partial charge < -0.3 is 4.42 Å². The first kappa shape index (κ1) is 13.6. The highest BCUT2D eigenvalue weighted by atomic mass is 16.3. The van der Waals surface area contributed by atoms with Crippen molar-refractivity contribution in [2.45, 2.75) is 19.3 Å². The molecule has 0 spiro atoms. The highest BCUT2D eigenvalue weighted by Gasteiger charge is 2.39. The summed E-state index contributed by atoms with van der Waals surface area (Å²) in [6, 6.07) is 2.98. The van der Waals surface area contributed by atoms with E-state index in [2.05, 4.69) is 6.92 Å². The van der Waals surface area contributed by atoms with Crippen molar-refractivity contribution in [2.24, 2.45) is 5.92 Å². The molecule has 2 fully saturated rings. The van der Waals surface area contributed by atoms with Gasteiger partial charge in [0.2, 0.25) is 0 Å². The van der Waals surface area contributed by atoms with E-state index in [9.17, 15) is 14.4 Å². The Bertz CT molecular complexity index is 647. The molecule has 0 bridgehead atoms. The van der Waals surface area contributed by atoms with E-state index in [1.807, 2.05) is 6.07 Å². The van der Waals surface area contributed by atoms with Crippen molar-refractivity contribution in [1.29, 1.82) is 0 Å². The lowest BCUT2D eigenvalue weighted by molar-refractivity contribution is -0.134. The van der Waals surface area contributed by atoms with Crippen molar-refractivity contribution in [3.63, 3.8) is 0 Å². The van der Waals surface area contributed by atoms with Gasteiger partial charge in [0.25, 0.3) is 11.8 Å². The van der Waals surface area contributed by atoms with E-state index in [0.29, 0.717) is 17.6 Å². The minimum absolute atomic E-state index is 0.0654. The molecule has 0 unspecified atom stereocenters. The largest absolute Gasteiger partial charge is 0.461 e. The van der Waals surface area contributed by atoms with Gasteiger partial charge in [-0.25, -0.2) is 4.79 Å². The SMILES string of the molecule is C[C@@H]1C[C@H]1c1ccc(C=C2C(=O)N(C)C(=O)N(C)C2=O)o1.